The van der Waals surface area contributed by atoms with Crippen molar-refractivity contribution in [2.45, 2.75) is 0 Å². The zero-order valence-corrected chi connectivity index (χ0v) is 9.48. The Balaban J connectivity index is 2.42. The van der Waals surface area contributed by atoms with Gasteiger partial charge in [-0.3, -0.25) is 4.68 Å². The highest BCUT2D eigenvalue weighted by atomic mass is 19.1. The third-order valence-electron chi connectivity index (χ3n) is 2.41. The van der Waals surface area contributed by atoms with Crippen LogP contribution in [0.25, 0.3) is 11.3 Å². The summed E-state index contributed by atoms with van der Waals surface area (Å²) in [6, 6.07) is 7.60. The molecule has 2 rings (SSSR count). The molecule has 5 heteroatoms. The first-order chi connectivity index (χ1) is 8.11. The zero-order valence-electron chi connectivity index (χ0n) is 9.48. The van der Waals surface area contributed by atoms with Crippen LogP contribution in [0.15, 0.2) is 30.3 Å². The molecule has 0 aliphatic heterocycles. The zero-order chi connectivity index (χ0) is 12.4. The first-order valence-corrected chi connectivity index (χ1v) is 5.00. The fourth-order valence-corrected chi connectivity index (χ4v) is 1.56. The molecular formula is C12H11FN2O2. The number of ether oxygens (including phenoxy) is 1. The van der Waals surface area contributed by atoms with Gasteiger partial charge in [-0.25, -0.2) is 9.18 Å². The Bertz CT molecular complexity index is 546. The van der Waals surface area contributed by atoms with Gasteiger partial charge in [-0.15, -0.1) is 0 Å². The van der Waals surface area contributed by atoms with Gasteiger partial charge >= 0.3 is 5.97 Å². The number of carbonyl (C=O) groups excluding carboxylic acids is 1. The largest absolute Gasteiger partial charge is 0.464 e. The molecule has 88 valence electrons. The molecule has 2 aromatic rings. The van der Waals surface area contributed by atoms with E-state index in [-0.39, 0.29) is 11.5 Å². The van der Waals surface area contributed by atoms with E-state index >= 15 is 0 Å². The highest BCUT2D eigenvalue weighted by Gasteiger charge is 2.13. The lowest BCUT2D eigenvalue weighted by atomic mass is 10.1. The number of methoxy groups -OCH3 is 1. The first kappa shape index (κ1) is 11.3. The highest BCUT2D eigenvalue weighted by molar-refractivity contribution is 5.88. The molecule has 0 saturated heterocycles. The predicted molar refractivity (Wildman–Crippen MR) is 59.9 cm³/mol. The van der Waals surface area contributed by atoms with Crippen LogP contribution >= 0.6 is 0 Å². The summed E-state index contributed by atoms with van der Waals surface area (Å²) in [5.74, 6) is -0.793. The Labute approximate surface area is 97.6 Å². The Morgan fingerprint density at radius 1 is 1.35 bits per heavy atom. The number of carbonyl (C=O) groups is 1. The third-order valence-corrected chi connectivity index (χ3v) is 2.41. The van der Waals surface area contributed by atoms with Crippen molar-refractivity contribution in [1.82, 2.24) is 9.78 Å². The number of aryl methyl sites for hydroxylation is 1. The van der Waals surface area contributed by atoms with E-state index in [1.54, 1.807) is 29.9 Å². The van der Waals surface area contributed by atoms with Gasteiger partial charge in [0.1, 0.15) is 5.82 Å². The van der Waals surface area contributed by atoms with E-state index in [1.165, 1.54) is 19.2 Å². The van der Waals surface area contributed by atoms with Crippen LogP contribution in [0, 0.1) is 5.82 Å². The van der Waals surface area contributed by atoms with Crippen LogP contribution in [0.5, 0.6) is 0 Å². The summed E-state index contributed by atoms with van der Waals surface area (Å²) < 4.78 is 18.9. The Morgan fingerprint density at radius 3 is 2.59 bits per heavy atom. The number of benzene rings is 1. The molecule has 0 unspecified atom stereocenters. The topological polar surface area (TPSA) is 44.1 Å². The SMILES string of the molecule is COC(=O)c1cc(-c2ccc(F)cc2)n(C)n1. The molecule has 17 heavy (non-hydrogen) atoms. The molecule has 0 bridgehead atoms. The van der Waals surface area contributed by atoms with Crippen molar-refractivity contribution in [3.05, 3.63) is 41.8 Å². The van der Waals surface area contributed by atoms with E-state index in [0.29, 0.717) is 0 Å². The summed E-state index contributed by atoms with van der Waals surface area (Å²) in [7, 11) is 3.01. The molecule has 1 aromatic carbocycles. The van der Waals surface area contributed by atoms with Crippen LogP contribution in [-0.2, 0) is 11.8 Å². The van der Waals surface area contributed by atoms with E-state index < -0.39 is 5.97 Å². The molecule has 0 saturated carbocycles. The molecule has 0 radical (unpaired) electrons. The van der Waals surface area contributed by atoms with E-state index in [4.69, 9.17) is 0 Å². The predicted octanol–water partition coefficient (Wildman–Crippen LogP) is 2.01. The maximum Gasteiger partial charge on any atom is 0.358 e. The number of rotatable bonds is 2. The number of hydrogen-bond acceptors (Lipinski definition) is 3. The first-order valence-electron chi connectivity index (χ1n) is 5.00. The molecule has 1 heterocycles. The highest BCUT2D eigenvalue weighted by Crippen LogP contribution is 2.20. The van der Waals surface area contributed by atoms with Gasteiger partial charge in [0.05, 0.1) is 12.8 Å². The second-order valence-electron chi connectivity index (χ2n) is 3.54. The normalized spacial score (nSPS) is 10.3. The van der Waals surface area contributed by atoms with Crippen LogP contribution in [0.3, 0.4) is 0 Å². The third kappa shape index (κ3) is 2.18. The minimum Gasteiger partial charge on any atom is -0.464 e. The van der Waals surface area contributed by atoms with Gasteiger partial charge in [0.25, 0.3) is 0 Å². The van der Waals surface area contributed by atoms with Crippen molar-refractivity contribution >= 4 is 5.97 Å². The second-order valence-corrected chi connectivity index (χ2v) is 3.54. The summed E-state index contributed by atoms with van der Waals surface area (Å²) >= 11 is 0. The summed E-state index contributed by atoms with van der Waals surface area (Å²) in [5.41, 5.74) is 1.75. The van der Waals surface area contributed by atoms with Crippen LogP contribution < -0.4 is 0 Å². The van der Waals surface area contributed by atoms with Crippen molar-refractivity contribution in [2.24, 2.45) is 7.05 Å². The van der Waals surface area contributed by atoms with Crippen LogP contribution in [0.4, 0.5) is 4.39 Å². The van der Waals surface area contributed by atoms with E-state index in [2.05, 4.69) is 9.84 Å². The van der Waals surface area contributed by atoms with Crippen molar-refractivity contribution < 1.29 is 13.9 Å². The number of aromatic nitrogens is 2. The summed E-state index contributed by atoms with van der Waals surface area (Å²) in [6.07, 6.45) is 0. The fourth-order valence-electron chi connectivity index (χ4n) is 1.56. The Kier molecular flexibility index (Phi) is 2.91. The summed E-state index contributed by atoms with van der Waals surface area (Å²) in [4.78, 5) is 11.3. The van der Waals surface area contributed by atoms with Crippen LogP contribution in [0.2, 0.25) is 0 Å². The van der Waals surface area contributed by atoms with Crippen molar-refractivity contribution in [1.29, 1.82) is 0 Å². The van der Waals surface area contributed by atoms with Crippen molar-refractivity contribution in [2.75, 3.05) is 7.11 Å². The van der Waals surface area contributed by atoms with Gasteiger partial charge in [-0.1, -0.05) is 0 Å². The fraction of sp³-hybridized carbons (Fsp3) is 0.167. The average Bonchev–Trinajstić information content (AvgIpc) is 2.71. The lowest BCUT2D eigenvalue weighted by Crippen LogP contribution is -2.02. The molecule has 1 aromatic heterocycles. The maximum absolute atomic E-state index is 12.8. The van der Waals surface area contributed by atoms with E-state index in [9.17, 15) is 9.18 Å². The van der Waals surface area contributed by atoms with Crippen molar-refractivity contribution in [3.8, 4) is 11.3 Å². The molecule has 0 aliphatic rings. The number of nitrogens with zero attached hydrogens (tertiary/aromatic N) is 2. The molecule has 0 spiro atoms. The lowest BCUT2D eigenvalue weighted by molar-refractivity contribution is 0.0593. The van der Waals surface area contributed by atoms with Gasteiger partial charge in [0, 0.05) is 7.05 Å². The summed E-state index contributed by atoms with van der Waals surface area (Å²) in [6.45, 7) is 0. The smallest absolute Gasteiger partial charge is 0.358 e. The second kappa shape index (κ2) is 4.37. The standard InChI is InChI=1S/C12H11FN2O2/c1-15-11(7-10(14-15)12(16)17-2)8-3-5-9(13)6-4-8/h3-7H,1-2H3. The average molecular weight is 234 g/mol. The molecular weight excluding hydrogens is 223 g/mol. The van der Waals surface area contributed by atoms with Gasteiger partial charge in [0.2, 0.25) is 0 Å². The van der Waals surface area contributed by atoms with Crippen LogP contribution in [0.1, 0.15) is 10.5 Å². The van der Waals surface area contributed by atoms with Gasteiger partial charge in [-0.2, -0.15) is 5.10 Å². The molecule has 0 N–H and O–H groups in total. The van der Waals surface area contributed by atoms with Gasteiger partial charge in [0.15, 0.2) is 5.69 Å². The van der Waals surface area contributed by atoms with Gasteiger partial charge in [-0.05, 0) is 35.9 Å². The lowest BCUT2D eigenvalue weighted by Gasteiger charge is -2.00. The molecule has 0 aliphatic carbocycles. The van der Waals surface area contributed by atoms with E-state index in [0.717, 1.165) is 11.3 Å². The van der Waals surface area contributed by atoms with Crippen LogP contribution in [-0.4, -0.2) is 22.9 Å². The maximum atomic E-state index is 12.8. The quantitative estimate of drug-likeness (QED) is 0.746. The number of hydrogen-bond donors (Lipinski definition) is 0. The van der Waals surface area contributed by atoms with Crippen molar-refractivity contribution in [3.63, 3.8) is 0 Å². The Morgan fingerprint density at radius 2 is 2.00 bits per heavy atom. The Hall–Kier alpha value is -2.17. The minimum atomic E-state index is -0.492. The monoisotopic (exact) mass is 234 g/mol. The molecule has 0 fully saturated rings. The van der Waals surface area contributed by atoms with E-state index in [1.807, 2.05) is 0 Å². The molecule has 4 nitrogen and oxygen atoms in total. The van der Waals surface area contributed by atoms with Gasteiger partial charge < -0.3 is 4.74 Å². The minimum absolute atomic E-state index is 0.231. The number of halogens is 1. The molecule has 0 amide bonds. The summed E-state index contributed by atoms with van der Waals surface area (Å²) in [5, 5.41) is 4.03. The molecule has 0 atom stereocenters. The number of esters is 1.